The molecule has 0 aliphatic carbocycles. The van der Waals surface area contributed by atoms with Crippen LogP contribution in [0.25, 0.3) is 11.1 Å². The molecule has 172 valence electrons. The fourth-order valence-corrected chi connectivity index (χ4v) is 3.11. The third-order valence-corrected chi connectivity index (χ3v) is 4.86. The summed E-state index contributed by atoms with van der Waals surface area (Å²) in [6.07, 6.45) is -0.587. The van der Waals surface area contributed by atoms with Gasteiger partial charge in [0.2, 0.25) is 5.91 Å². The highest BCUT2D eigenvalue weighted by atomic mass is 16.5. The molecule has 0 aliphatic heterocycles. The number of nitrogens with two attached hydrogens (primary N) is 1. The fraction of sp³-hybridized carbons (Fsp3) is 0.348. The van der Waals surface area contributed by atoms with E-state index < -0.39 is 30.0 Å². The van der Waals surface area contributed by atoms with Crippen LogP contribution in [0.2, 0.25) is 0 Å². The summed E-state index contributed by atoms with van der Waals surface area (Å²) in [5.41, 5.74) is 9.97. The average molecular weight is 443 g/mol. The zero-order valence-electron chi connectivity index (χ0n) is 18.3. The molecule has 0 aromatic heterocycles. The monoisotopic (exact) mass is 442 g/mol. The Kier molecular flexibility index (Phi) is 8.89. The molecule has 0 saturated carbocycles. The van der Waals surface area contributed by atoms with Crippen LogP contribution in [0.15, 0.2) is 48.5 Å². The number of hydrogen-bond acceptors (Lipinski definition) is 6. The highest BCUT2D eigenvalue weighted by molar-refractivity contribution is 5.98. The van der Waals surface area contributed by atoms with Crippen LogP contribution >= 0.6 is 0 Å². The van der Waals surface area contributed by atoms with Crippen LogP contribution in [-0.2, 0) is 9.59 Å². The van der Waals surface area contributed by atoms with Crippen LogP contribution in [0, 0.1) is 5.92 Å². The number of benzene rings is 2. The molecule has 0 spiro atoms. The van der Waals surface area contributed by atoms with Gasteiger partial charge in [-0.25, -0.2) is 5.48 Å². The lowest BCUT2D eigenvalue weighted by Gasteiger charge is -2.19. The fourth-order valence-electron chi connectivity index (χ4n) is 3.11. The number of rotatable bonds is 9. The van der Waals surface area contributed by atoms with Crippen LogP contribution in [0.4, 0.5) is 5.69 Å². The maximum absolute atomic E-state index is 12.4. The lowest BCUT2D eigenvalue weighted by molar-refractivity contribution is -0.133. The van der Waals surface area contributed by atoms with Gasteiger partial charge in [0.1, 0.15) is 6.04 Å². The first-order valence-corrected chi connectivity index (χ1v) is 10.3. The first kappa shape index (κ1) is 25.0. The highest BCUT2D eigenvalue weighted by Crippen LogP contribution is 2.22. The summed E-state index contributed by atoms with van der Waals surface area (Å²) >= 11 is 0. The Hall–Kier alpha value is -3.27. The Morgan fingerprint density at radius 2 is 1.44 bits per heavy atom. The lowest BCUT2D eigenvalue weighted by atomic mass is 10.0. The molecule has 2 aromatic rings. The van der Waals surface area contributed by atoms with Crippen LogP contribution in [0.5, 0.6) is 0 Å². The maximum Gasteiger partial charge on any atom is 0.268 e. The Morgan fingerprint density at radius 1 is 0.906 bits per heavy atom. The van der Waals surface area contributed by atoms with E-state index in [0.717, 1.165) is 11.1 Å². The molecule has 3 atom stereocenters. The number of carbonyl (C=O) groups excluding carboxylic acids is 3. The standard InChI is InChI=1S/C23H30N4O5/c1-13(2)12-19(24)22(30)25-18-10-8-16(9-11-18)15-4-6-17(7-5-15)21(29)26-20(14(3)28)23(31)27-32/h4-11,13-14,19-20,28,32H,12,24H2,1-3H3,(H,25,30)(H,26,29)(H,27,31). The van der Waals surface area contributed by atoms with E-state index >= 15 is 0 Å². The smallest absolute Gasteiger partial charge is 0.268 e. The summed E-state index contributed by atoms with van der Waals surface area (Å²) in [6, 6.07) is 12.0. The Morgan fingerprint density at radius 3 is 1.91 bits per heavy atom. The van der Waals surface area contributed by atoms with Gasteiger partial charge in [0.15, 0.2) is 0 Å². The van der Waals surface area contributed by atoms with Gasteiger partial charge < -0.3 is 21.5 Å². The van der Waals surface area contributed by atoms with E-state index in [0.29, 0.717) is 18.0 Å². The summed E-state index contributed by atoms with van der Waals surface area (Å²) in [6.45, 7) is 5.34. The minimum atomic E-state index is -1.29. The molecule has 0 heterocycles. The van der Waals surface area contributed by atoms with E-state index in [2.05, 4.69) is 10.6 Å². The predicted octanol–water partition coefficient (Wildman–Crippen LogP) is 1.65. The molecular weight excluding hydrogens is 412 g/mol. The molecule has 0 fully saturated rings. The minimum absolute atomic E-state index is 0.229. The van der Waals surface area contributed by atoms with Crippen molar-refractivity contribution in [3.05, 3.63) is 54.1 Å². The largest absolute Gasteiger partial charge is 0.391 e. The lowest BCUT2D eigenvalue weighted by Crippen LogP contribution is -2.51. The number of amides is 3. The van der Waals surface area contributed by atoms with Crippen molar-refractivity contribution >= 4 is 23.4 Å². The SMILES string of the molecule is CC(C)CC(N)C(=O)Nc1ccc(-c2ccc(C(=O)NC(C(=O)NO)C(C)O)cc2)cc1. The summed E-state index contributed by atoms with van der Waals surface area (Å²) in [7, 11) is 0. The van der Waals surface area contributed by atoms with E-state index in [-0.39, 0.29) is 11.5 Å². The van der Waals surface area contributed by atoms with Crippen molar-refractivity contribution < 1.29 is 24.7 Å². The number of hydrogen-bond donors (Lipinski definition) is 6. The second-order valence-corrected chi connectivity index (χ2v) is 8.05. The highest BCUT2D eigenvalue weighted by Gasteiger charge is 2.25. The molecule has 0 bridgehead atoms. The molecule has 0 radical (unpaired) electrons. The minimum Gasteiger partial charge on any atom is -0.391 e. The van der Waals surface area contributed by atoms with Gasteiger partial charge in [-0.1, -0.05) is 38.1 Å². The summed E-state index contributed by atoms with van der Waals surface area (Å²) in [5.74, 6) is -1.38. The Balaban J connectivity index is 2.04. The summed E-state index contributed by atoms with van der Waals surface area (Å²) in [5, 5.41) is 23.5. The number of nitrogens with one attached hydrogen (secondary N) is 3. The summed E-state index contributed by atoms with van der Waals surface area (Å²) in [4.78, 5) is 36.1. The number of aliphatic hydroxyl groups excluding tert-OH is 1. The molecule has 0 saturated heterocycles. The molecule has 3 unspecified atom stereocenters. The maximum atomic E-state index is 12.4. The molecule has 3 amide bonds. The van der Waals surface area contributed by atoms with Gasteiger partial charge in [0.05, 0.1) is 12.1 Å². The van der Waals surface area contributed by atoms with Crippen molar-refractivity contribution in [2.45, 2.75) is 45.4 Å². The normalized spacial score (nSPS) is 13.7. The van der Waals surface area contributed by atoms with Gasteiger partial charge in [-0.05, 0) is 54.7 Å². The van der Waals surface area contributed by atoms with Gasteiger partial charge in [-0.15, -0.1) is 0 Å². The van der Waals surface area contributed by atoms with E-state index in [9.17, 15) is 19.5 Å². The van der Waals surface area contributed by atoms with E-state index in [1.54, 1.807) is 36.4 Å². The first-order valence-electron chi connectivity index (χ1n) is 10.3. The zero-order valence-corrected chi connectivity index (χ0v) is 18.3. The van der Waals surface area contributed by atoms with Gasteiger partial charge in [-0.3, -0.25) is 19.6 Å². The molecule has 2 aromatic carbocycles. The van der Waals surface area contributed by atoms with Crippen molar-refractivity contribution in [2.75, 3.05) is 5.32 Å². The number of anilines is 1. The number of carbonyl (C=O) groups is 3. The second kappa shape index (κ2) is 11.4. The Bertz CT molecular complexity index is 926. The number of hydroxylamine groups is 1. The van der Waals surface area contributed by atoms with Gasteiger partial charge in [-0.2, -0.15) is 0 Å². The Labute approximate surface area is 187 Å². The van der Waals surface area contributed by atoms with E-state index in [1.165, 1.54) is 12.4 Å². The molecular formula is C23H30N4O5. The van der Waals surface area contributed by atoms with Gasteiger partial charge in [0.25, 0.3) is 11.8 Å². The van der Waals surface area contributed by atoms with Crippen LogP contribution < -0.4 is 21.8 Å². The van der Waals surface area contributed by atoms with Crippen molar-refractivity contribution in [3.8, 4) is 11.1 Å². The van der Waals surface area contributed by atoms with E-state index in [1.807, 2.05) is 26.0 Å². The van der Waals surface area contributed by atoms with Crippen molar-refractivity contribution in [3.63, 3.8) is 0 Å². The molecule has 9 heteroatoms. The van der Waals surface area contributed by atoms with Crippen LogP contribution in [-0.4, -0.2) is 46.2 Å². The molecule has 0 aliphatic rings. The molecule has 9 nitrogen and oxygen atoms in total. The summed E-state index contributed by atoms with van der Waals surface area (Å²) < 4.78 is 0. The van der Waals surface area contributed by atoms with Crippen molar-refractivity contribution in [1.29, 1.82) is 0 Å². The van der Waals surface area contributed by atoms with Crippen LogP contribution in [0.1, 0.15) is 37.6 Å². The van der Waals surface area contributed by atoms with E-state index in [4.69, 9.17) is 10.9 Å². The number of aliphatic hydroxyl groups is 1. The molecule has 32 heavy (non-hydrogen) atoms. The van der Waals surface area contributed by atoms with Gasteiger partial charge in [0, 0.05) is 11.3 Å². The predicted molar refractivity (Wildman–Crippen MR) is 121 cm³/mol. The second-order valence-electron chi connectivity index (χ2n) is 8.05. The van der Waals surface area contributed by atoms with Crippen LogP contribution in [0.3, 0.4) is 0 Å². The van der Waals surface area contributed by atoms with Crippen molar-refractivity contribution in [1.82, 2.24) is 10.8 Å². The quantitative estimate of drug-likeness (QED) is 0.256. The first-order chi connectivity index (χ1) is 15.1. The third kappa shape index (κ3) is 6.88. The van der Waals surface area contributed by atoms with Gasteiger partial charge >= 0.3 is 0 Å². The van der Waals surface area contributed by atoms with Crippen molar-refractivity contribution in [2.24, 2.45) is 11.7 Å². The topological polar surface area (TPSA) is 154 Å². The molecule has 7 N–H and O–H groups in total. The third-order valence-electron chi connectivity index (χ3n) is 4.86. The average Bonchev–Trinajstić information content (AvgIpc) is 2.76. The zero-order chi connectivity index (χ0) is 23.8. The molecule has 2 rings (SSSR count).